The molecule has 0 unspecified atom stereocenters. The normalized spacial score (nSPS) is 19.6. The van der Waals surface area contributed by atoms with E-state index in [0.29, 0.717) is 23.8 Å². The molecular formula is C20H20ClNO3. The highest BCUT2D eigenvalue weighted by Crippen LogP contribution is 2.38. The number of fused-ring (bicyclic) bond motifs is 1. The van der Waals surface area contributed by atoms with Crippen molar-refractivity contribution < 1.29 is 14.3 Å². The van der Waals surface area contributed by atoms with Gasteiger partial charge in [0.15, 0.2) is 11.5 Å². The lowest BCUT2D eigenvalue weighted by molar-refractivity contribution is 0.0735. The predicted octanol–water partition coefficient (Wildman–Crippen LogP) is 4.48. The van der Waals surface area contributed by atoms with Crippen molar-refractivity contribution in [3.05, 3.63) is 58.6 Å². The number of hydrogen-bond donors (Lipinski definition) is 0. The lowest BCUT2D eigenvalue weighted by Gasteiger charge is -2.26. The number of hydrogen-bond acceptors (Lipinski definition) is 3. The molecule has 1 atom stereocenters. The summed E-state index contributed by atoms with van der Waals surface area (Å²) in [5.74, 6) is 1.54. The van der Waals surface area contributed by atoms with Crippen molar-refractivity contribution in [1.82, 2.24) is 4.90 Å². The van der Waals surface area contributed by atoms with Crippen LogP contribution in [0.2, 0.25) is 5.02 Å². The first-order valence-corrected chi connectivity index (χ1v) is 9.07. The summed E-state index contributed by atoms with van der Waals surface area (Å²) in [6.07, 6.45) is 2.80. The average Bonchev–Trinajstić information content (AvgIpc) is 3.00. The molecule has 0 aliphatic carbocycles. The third kappa shape index (κ3) is 3.19. The third-order valence-corrected chi connectivity index (χ3v) is 5.10. The Morgan fingerprint density at radius 2 is 1.84 bits per heavy atom. The first-order valence-electron chi connectivity index (χ1n) is 8.69. The van der Waals surface area contributed by atoms with Crippen molar-refractivity contribution in [2.45, 2.75) is 25.3 Å². The molecule has 2 aliphatic heterocycles. The molecule has 5 heteroatoms. The van der Waals surface area contributed by atoms with E-state index < -0.39 is 0 Å². The van der Waals surface area contributed by atoms with Gasteiger partial charge in [-0.25, -0.2) is 0 Å². The molecule has 1 saturated heterocycles. The number of likely N-dealkylation sites (tertiary alicyclic amines) is 1. The minimum absolute atomic E-state index is 0.0137. The maximum Gasteiger partial charge on any atom is 0.255 e. The van der Waals surface area contributed by atoms with Crippen LogP contribution >= 0.6 is 11.6 Å². The third-order valence-electron chi connectivity index (χ3n) is 4.77. The maximum absolute atomic E-state index is 13.0. The lowest BCUT2D eigenvalue weighted by Crippen LogP contribution is -2.30. The molecule has 0 bridgehead atoms. The van der Waals surface area contributed by atoms with E-state index in [9.17, 15) is 4.79 Å². The fourth-order valence-electron chi connectivity index (χ4n) is 3.53. The summed E-state index contributed by atoms with van der Waals surface area (Å²) in [5.41, 5.74) is 1.65. The Balaban J connectivity index is 1.63. The molecule has 0 spiro atoms. The molecule has 130 valence electrons. The highest BCUT2D eigenvalue weighted by Gasteiger charge is 2.32. The summed E-state index contributed by atoms with van der Waals surface area (Å²) in [5, 5.41) is 0.497. The maximum atomic E-state index is 13.0. The number of amides is 1. The summed E-state index contributed by atoms with van der Waals surface area (Å²) in [7, 11) is 0. The van der Waals surface area contributed by atoms with E-state index in [1.54, 1.807) is 12.1 Å². The molecule has 0 radical (unpaired) electrons. The Morgan fingerprint density at radius 1 is 1.04 bits per heavy atom. The molecular weight excluding hydrogens is 338 g/mol. The highest BCUT2D eigenvalue weighted by molar-refractivity contribution is 6.33. The topological polar surface area (TPSA) is 38.8 Å². The van der Waals surface area contributed by atoms with Crippen molar-refractivity contribution in [1.29, 1.82) is 0 Å². The van der Waals surface area contributed by atoms with Gasteiger partial charge in [0.05, 0.1) is 29.8 Å². The largest absolute Gasteiger partial charge is 0.490 e. The summed E-state index contributed by atoms with van der Waals surface area (Å²) in [6, 6.07) is 13.3. The van der Waals surface area contributed by atoms with Gasteiger partial charge in [0.25, 0.3) is 5.91 Å². The zero-order chi connectivity index (χ0) is 17.2. The fourth-order valence-corrected chi connectivity index (χ4v) is 3.75. The summed E-state index contributed by atoms with van der Waals surface area (Å²) < 4.78 is 11.5. The SMILES string of the molecule is O=C(c1ccccc1Cl)N1CCC[C@@H]1c1ccc2c(c1)OCCCO2. The van der Waals surface area contributed by atoms with Crippen molar-refractivity contribution in [2.75, 3.05) is 19.8 Å². The minimum atomic E-state index is -0.0137. The Morgan fingerprint density at radius 3 is 2.68 bits per heavy atom. The predicted molar refractivity (Wildman–Crippen MR) is 96.5 cm³/mol. The first-order chi connectivity index (χ1) is 12.2. The van der Waals surface area contributed by atoms with E-state index in [0.717, 1.165) is 42.9 Å². The molecule has 4 nitrogen and oxygen atoms in total. The highest BCUT2D eigenvalue weighted by atomic mass is 35.5. The summed E-state index contributed by atoms with van der Waals surface area (Å²) in [6.45, 7) is 2.07. The van der Waals surface area contributed by atoms with Crippen LogP contribution in [0.1, 0.15) is 41.2 Å². The van der Waals surface area contributed by atoms with E-state index in [4.69, 9.17) is 21.1 Å². The number of ether oxygens (including phenoxy) is 2. The van der Waals surface area contributed by atoms with Crippen molar-refractivity contribution in [2.24, 2.45) is 0 Å². The molecule has 4 rings (SSSR count). The van der Waals surface area contributed by atoms with Crippen LogP contribution in [0.5, 0.6) is 11.5 Å². The monoisotopic (exact) mass is 357 g/mol. The molecule has 0 N–H and O–H groups in total. The van der Waals surface area contributed by atoms with E-state index in [-0.39, 0.29) is 11.9 Å². The first kappa shape index (κ1) is 16.3. The van der Waals surface area contributed by atoms with Gasteiger partial charge in [-0.15, -0.1) is 0 Å². The minimum Gasteiger partial charge on any atom is -0.490 e. The fraction of sp³-hybridized carbons (Fsp3) is 0.350. The Kier molecular flexibility index (Phi) is 4.53. The zero-order valence-electron chi connectivity index (χ0n) is 13.9. The number of benzene rings is 2. The zero-order valence-corrected chi connectivity index (χ0v) is 14.7. The number of halogens is 1. The van der Waals surface area contributed by atoms with Crippen molar-refractivity contribution >= 4 is 17.5 Å². The van der Waals surface area contributed by atoms with Gasteiger partial charge in [0, 0.05) is 13.0 Å². The van der Waals surface area contributed by atoms with E-state index in [1.165, 1.54) is 0 Å². The number of nitrogens with zero attached hydrogens (tertiary/aromatic N) is 1. The van der Waals surface area contributed by atoms with Gasteiger partial charge in [-0.05, 0) is 42.7 Å². The molecule has 25 heavy (non-hydrogen) atoms. The van der Waals surface area contributed by atoms with Crippen LogP contribution in [0.3, 0.4) is 0 Å². The van der Waals surface area contributed by atoms with Gasteiger partial charge in [-0.2, -0.15) is 0 Å². The smallest absolute Gasteiger partial charge is 0.255 e. The van der Waals surface area contributed by atoms with E-state index >= 15 is 0 Å². The number of rotatable bonds is 2. The van der Waals surface area contributed by atoms with Gasteiger partial charge in [-0.1, -0.05) is 29.8 Å². The molecule has 0 saturated carbocycles. The lowest BCUT2D eigenvalue weighted by atomic mass is 10.0. The van der Waals surface area contributed by atoms with E-state index in [2.05, 4.69) is 0 Å². The van der Waals surface area contributed by atoms with Crippen LogP contribution in [0.25, 0.3) is 0 Å². The van der Waals surface area contributed by atoms with Crippen LogP contribution in [0.15, 0.2) is 42.5 Å². The van der Waals surface area contributed by atoms with Gasteiger partial charge in [0.2, 0.25) is 0 Å². The average molecular weight is 358 g/mol. The van der Waals surface area contributed by atoms with Crippen LogP contribution in [-0.2, 0) is 0 Å². The second-order valence-corrected chi connectivity index (χ2v) is 6.80. The van der Waals surface area contributed by atoms with E-state index in [1.807, 2.05) is 35.2 Å². The van der Waals surface area contributed by atoms with Gasteiger partial charge in [-0.3, -0.25) is 4.79 Å². The van der Waals surface area contributed by atoms with Crippen LogP contribution in [0, 0.1) is 0 Å². The number of carbonyl (C=O) groups excluding carboxylic acids is 1. The molecule has 1 amide bonds. The van der Waals surface area contributed by atoms with Crippen LogP contribution in [-0.4, -0.2) is 30.6 Å². The summed E-state index contributed by atoms with van der Waals surface area (Å²) in [4.78, 5) is 14.9. The number of carbonyl (C=O) groups is 1. The van der Waals surface area contributed by atoms with Crippen LogP contribution in [0.4, 0.5) is 0 Å². The molecule has 2 heterocycles. The Labute approximate surface area is 152 Å². The Bertz CT molecular complexity index is 792. The quantitative estimate of drug-likeness (QED) is 0.795. The molecule has 2 aromatic carbocycles. The van der Waals surface area contributed by atoms with Gasteiger partial charge in [0.1, 0.15) is 0 Å². The van der Waals surface area contributed by atoms with Crippen molar-refractivity contribution in [3.8, 4) is 11.5 Å². The molecule has 0 aromatic heterocycles. The molecule has 1 fully saturated rings. The van der Waals surface area contributed by atoms with Crippen molar-refractivity contribution in [3.63, 3.8) is 0 Å². The summed E-state index contributed by atoms with van der Waals surface area (Å²) >= 11 is 6.22. The molecule has 2 aromatic rings. The van der Waals surface area contributed by atoms with Crippen LogP contribution < -0.4 is 9.47 Å². The van der Waals surface area contributed by atoms with Gasteiger partial charge >= 0.3 is 0 Å². The second-order valence-electron chi connectivity index (χ2n) is 6.39. The van der Waals surface area contributed by atoms with Gasteiger partial charge < -0.3 is 14.4 Å². The second kappa shape index (κ2) is 6.96. The standard InChI is InChI=1S/C20H20ClNO3/c21-16-6-2-1-5-15(16)20(23)22-10-3-7-17(22)14-8-9-18-19(13-14)25-12-4-11-24-18/h1-2,5-6,8-9,13,17H,3-4,7,10-12H2/t17-/m1/s1. The molecule has 2 aliphatic rings. The Hall–Kier alpha value is -2.20.